The average molecular weight is 298 g/mol. The highest BCUT2D eigenvalue weighted by molar-refractivity contribution is 7.11. The first-order chi connectivity index (χ1) is 9.49. The van der Waals surface area contributed by atoms with Crippen LogP contribution in [0.1, 0.15) is 37.0 Å². The number of nitrogens with one attached hydrogen (secondary N) is 1. The van der Waals surface area contributed by atoms with Gasteiger partial charge in [-0.15, -0.1) is 0 Å². The lowest BCUT2D eigenvalue weighted by molar-refractivity contribution is 0.0943. The van der Waals surface area contributed by atoms with Crippen molar-refractivity contribution in [2.75, 3.05) is 30.8 Å². The molecule has 1 saturated heterocycles. The van der Waals surface area contributed by atoms with Crippen LogP contribution >= 0.6 is 11.5 Å². The third-order valence-electron chi connectivity index (χ3n) is 3.20. The Balaban J connectivity index is 2.12. The second-order valence-corrected chi connectivity index (χ2v) is 6.14. The zero-order valence-electron chi connectivity index (χ0n) is 12.2. The Kier molecular flexibility index (Phi) is 4.82. The van der Waals surface area contributed by atoms with Crippen LogP contribution in [0, 0.1) is 0 Å². The molecule has 1 aromatic rings. The van der Waals surface area contributed by atoms with E-state index >= 15 is 0 Å². The Bertz CT molecular complexity index is 469. The molecule has 1 unspecified atom stereocenters. The molecule has 3 N–H and O–H groups in total. The number of likely N-dealkylation sites (N-methyl/N-ethyl adjacent to an activating group) is 1. The van der Waals surface area contributed by atoms with E-state index in [0.29, 0.717) is 11.4 Å². The number of ether oxygens (including phenoxy) is 1. The fraction of sp³-hybridized carbons (Fsp3) is 0.692. The zero-order valence-corrected chi connectivity index (χ0v) is 13.0. The molecule has 0 radical (unpaired) electrons. The number of aromatic nitrogens is 1. The number of nitrogens with two attached hydrogens (primary N) is 1. The molecule has 0 saturated carbocycles. The van der Waals surface area contributed by atoms with E-state index in [1.807, 2.05) is 25.8 Å². The van der Waals surface area contributed by atoms with Crippen LogP contribution in [0.25, 0.3) is 0 Å². The van der Waals surface area contributed by atoms with Gasteiger partial charge in [-0.3, -0.25) is 4.79 Å². The van der Waals surface area contributed by atoms with Crippen LogP contribution in [-0.4, -0.2) is 42.6 Å². The molecule has 1 aliphatic heterocycles. The van der Waals surface area contributed by atoms with Crippen LogP contribution in [-0.2, 0) is 4.74 Å². The van der Waals surface area contributed by atoms with Gasteiger partial charge in [0.25, 0.3) is 5.91 Å². The van der Waals surface area contributed by atoms with Crippen molar-refractivity contribution < 1.29 is 9.53 Å². The molecular formula is C13H22N4O2S. The van der Waals surface area contributed by atoms with Crippen molar-refractivity contribution in [2.24, 2.45) is 0 Å². The van der Waals surface area contributed by atoms with E-state index in [9.17, 15) is 4.79 Å². The van der Waals surface area contributed by atoms with E-state index in [2.05, 4.69) is 9.69 Å². The van der Waals surface area contributed by atoms with Crippen LogP contribution in [0.4, 0.5) is 10.8 Å². The predicted molar refractivity (Wildman–Crippen MR) is 81.4 cm³/mol. The van der Waals surface area contributed by atoms with Crippen LogP contribution in [0.2, 0.25) is 0 Å². The van der Waals surface area contributed by atoms with E-state index in [0.717, 1.165) is 31.0 Å². The van der Waals surface area contributed by atoms with Gasteiger partial charge in [-0.1, -0.05) is 0 Å². The van der Waals surface area contributed by atoms with Gasteiger partial charge in [0.15, 0.2) is 5.82 Å². The summed E-state index contributed by atoms with van der Waals surface area (Å²) in [6.07, 6.45) is 2.39. The standard InChI is InChI=1S/C13H22N4O2S/c1-8(2)15-12(18)10-11(14)16-20-13(10)17(3)7-9-5-4-6-19-9/h8-9H,4-7H2,1-3H3,(H2,14,16)(H,15,18). The summed E-state index contributed by atoms with van der Waals surface area (Å²) in [7, 11) is 1.95. The fourth-order valence-electron chi connectivity index (χ4n) is 2.28. The summed E-state index contributed by atoms with van der Waals surface area (Å²) in [6.45, 7) is 5.42. The van der Waals surface area contributed by atoms with Gasteiger partial charge >= 0.3 is 0 Å². The van der Waals surface area contributed by atoms with Crippen LogP contribution < -0.4 is 16.0 Å². The summed E-state index contributed by atoms with van der Waals surface area (Å²) in [4.78, 5) is 14.2. The van der Waals surface area contributed by atoms with Crippen molar-refractivity contribution in [1.29, 1.82) is 0 Å². The fourth-order valence-corrected chi connectivity index (χ4v) is 3.06. The Morgan fingerprint density at radius 3 is 3.00 bits per heavy atom. The first kappa shape index (κ1) is 15.1. The molecule has 0 aliphatic carbocycles. The first-order valence-electron chi connectivity index (χ1n) is 6.87. The number of carbonyl (C=O) groups excluding carboxylic acids is 1. The number of rotatable bonds is 5. The van der Waals surface area contributed by atoms with Gasteiger partial charge in [-0.2, -0.15) is 4.37 Å². The summed E-state index contributed by atoms with van der Waals surface area (Å²) in [6, 6.07) is 0.0677. The quantitative estimate of drug-likeness (QED) is 0.860. The largest absolute Gasteiger partial charge is 0.382 e. The normalized spacial score (nSPS) is 18.5. The van der Waals surface area contributed by atoms with E-state index in [4.69, 9.17) is 10.5 Å². The summed E-state index contributed by atoms with van der Waals surface area (Å²) in [5, 5.41) is 3.67. The lowest BCUT2D eigenvalue weighted by Gasteiger charge is -2.22. The number of hydrogen-bond acceptors (Lipinski definition) is 6. The molecule has 0 aromatic carbocycles. The maximum atomic E-state index is 12.2. The molecule has 6 nitrogen and oxygen atoms in total. The monoisotopic (exact) mass is 298 g/mol. The highest BCUT2D eigenvalue weighted by atomic mass is 32.1. The maximum Gasteiger partial charge on any atom is 0.258 e. The summed E-state index contributed by atoms with van der Waals surface area (Å²) < 4.78 is 9.74. The topological polar surface area (TPSA) is 80.5 Å². The predicted octanol–water partition coefficient (Wildman–Crippen LogP) is 1.48. The van der Waals surface area contributed by atoms with Crippen molar-refractivity contribution in [3.63, 3.8) is 0 Å². The Morgan fingerprint density at radius 1 is 1.65 bits per heavy atom. The number of nitrogen functional groups attached to an aromatic ring is 1. The number of amides is 1. The molecular weight excluding hydrogens is 276 g/mol. The number of hydrogen-bond donors (Lipinski definition) is 2. The molecule has 1 aromatic heterocycles. The van der Waals surface area contributed by atoms with Crippen molar-refractivity contribution in [3.05, 3.63) is 5.56 Å². The lowest BCUT2D eigenvalue weighted by Crippen LogP contribution is -2.33. The smallest absolute Gasteiger partial charge is 0.258 e. The third kappa shape index (κ3) is 3.40. The first-order valence-corrected chi connectivity index (χ1v) is 7.65. The molecule has 1 amide bonds. The van der Waals surface area contributed by atoms with Gasteiger partial charge in [0, 0.05) is 26.2 Å². The second kappa shape index (κ2) is 6.41. The molecule has 1 aliphatic rings. The summed E-state index contributed by atoms with van der Waals surface area (Å²) >= 11 is 1.26. The average Bonchev–Trinajstić information content (AvgIpc) is 2.97. The molecule has 2 rings (SSSR count). The van der Waals surface area contributed by atoms with Gasteiger partial charge < -0.3 is 20.7 Å². The van der Waals surface area contributed by atoms with E-state index in [1.54, 1.807) is 0 Å². The molecule has 7 heteroatoms. The van der Waals surface area contributed by atoms with Gasteiger partial charge in [0.1, 0.15) is 10.6 Å². The van der Waals surface area contributed by atoms with Crippen LogP contribution in [0.3, 0.4) is 0 Å². The molecule has 0 bridgehead atoms. The summed E-state index contributed by atoms with van der Waals surface area (Å²) in [5.41, 5.74) is 6.32. The Hall–Kier alpha value is -1.34. The van der Waals surface area contributed by atoms with Gasteiger partial charge in [0.05, 0.1) is 6.10 Å². The molecule has 112 valence electrons. The third-order valence-corrected chi connectivity index (χ3v) is 4.17. The van der Waals surface area contributed by atoms with E-state index in [1.165, 1.54) is 11.5 Å². The minimum atomic E-state index is -0.166. The summed E-state index contributed by atoms with van der Waals surface area (Å²) in [5.74, 6) is 0.128. The minimum Gasteiger partial charge on any atom is -0.382 e. The molecule has 1 atom stereocenters. The van der Waals surface area contributed by atoms with Crippen LogP contribution in [0.15, 0.2) is 0 Å². The van der Waals surface area contributed by atoms with Gasteiger partial charge in [-0.05, 0) is 38.2 Å². The molecule has 20 heavy (non-hydrogen) atoms. The number of carbonyl (C=O) groups is 1. The van der Waals surface area contributed by atoms with Crippen molar-refractivity contribution in [1.82, 2.24) is 9.69 Å². The van der Waals surface area contributed by atoms with E-state index < -0.39 is 0 Å². The molecule has 0 spiro atoms. The SMILES string of the molecule is CC(C)NC(=O)c1c(N)nsc1N(C)CC1CCCO1. The van der Waals surface area contributed by atoms with E-state index in [-0.39, 0.29) is 18.1 Å². The Labute approximate surface area is 123 Å². The van der Waals surface area contributed by atoms with Crippen LogP contribution in [0.5, 0.6) is 0 Å². The molecule has 2 heterocycles. The number of nitrogens with zero attached hydrogens (tertiary/aromatic N) is 2. The number of anilines is 2. The van der Waals surface area contributed by atoms with Gasteiger partial charge in [0.2, 0.25) is 0 Å². The minimum absolute atomic E-state index is 0.0677. The highest BCUT2D eigenvalue weighted by Gasteiger charge is 2.25. The van der Waals surface area contributed by atoms with Crippen molar-refractivity contribution in [3.8, 4) is 0 Å². The second-order valence-electron chi connectivity index (χ2n) is 5.39. The maximum absolute atomic E-state index is 12.2. The van der Waals surface area contributed by atoms with Crippen molar-refractivity contribution in [2.45, 2.75) is 38.8 Å². The van der Waals surface area contributed by atoms with Crippen molar-refractivity contribution >= 4 is 28.3 Å². The zero-order chi connectivity index (χ0) is 14.7. The van der Waals surface area contributed by atoms with Gasteiger partial charge in [-0.25, -0.2) is 0 Å². The lowest BCUT2D eigenvalue weighted by atomic mass is 10.2. The Morgan fingerprint density at radius 2 is 2.40 bits per heavy atom. The highest BCUT2D eigenvalue weighted by Crippen LogP contribution is 2.30. The molecule has 1 fully saturated rings.